The number of fused-ring (bicyclic) bond motifs is 1. The molecule has 0 atom stereocenters. The molecule has 1 aromatic carbocycles. The Morgan fingerprint density at radius 2 is 2.11 bits per heavy atom. The van der Waals surface area contributed by atoms with E-state index in [1.165, 1.54) is 10.9 Å². The van der Waals surface area contributed by atoms with E-state index in [2.05, 4.69) is 32.2 Å². The Bertz CT molecular complexity index is 543. The van der Waals surface area contributed by atoms with Crippen LogP contribution < -0.4 is 10.1 Å². The Morgan fingerprint density at radius 3 is 2.74 bits per heavy atom. The lowest BCUT2D eigenvalue weighted by molar-refractivity contribution is 0.414. The molecule has 0 aliphatic carbocycles. The van der Waals surface area contributed by atoms with Gasteiger partial charge in [-0.25, -0.2) is 0 Å². The van der Waals surface area contributed by atoms with Crippen molar-refractivity contribution < 1.29 is 9.15 Å². The molecule has 0 saturated carbocycles. The van der Waals surface area contributed by atoms with Crippen LogP contribution in [0.5, 0.6) is 5.75 Å². The third-order valence-electron chi connectivity index (χ3n) is 3.23. The minimum atomic E-state index is 0.614. The fourth-order valence-electron chi connectivity index (χ4n) is 2.32. The van der Waals surface area contributed by atoms with Crippen molar-refractivity contribution in [2.45, 2.75) is 33.7 Å². The van der Waals surface area contributed by atoms with E-state index in [4.69, 9.17) is 9.15 Å². The maximum atomic E-state index is 6.00. The molecule has 1 N–H and O–H groups in total. The lowest BCUT2D eigenvalue weighted by atomic mass is 9.99. The average molecular weight is 261 g/mol. The molecule has 0 bridgehead atoms. The monoisotopic (exact) mass is 261 g/mol. The molecule has 1 heterocycles. The Hall–Kier alpha value is -1.48. The summed E-state index contributed by atoms with van der Waals surface area (Å²) in [5.74, 6) is 2.51. The second-order valence-electron chi connectivity index (χ2n) is 5.24. The summed E-state index contributed by atoms with van der Waals surface area (Å²) in [4.78, 5) is 0. The molecule has 0 fully saturated rings. The highest BCUT2D eigenvalue weighted by Crippen LogP contribution is 2.30. The number of hydrogen-bond acceptors (Lipinski definition) is 3. The predicted molar refractivity (Wildman–Crippen MR) is 78.7 cm³/mol. The van der Waals surface area contributed by atoms with Gasteiger partial charge >= 0.3 is 0 Å². The SMILES string of the molecule is CCNCc1oc2cc(OC)ccc2c1CC(C)C. The first kappa shape index (κ1) is 13.9. The molecule has 1 aromatic heterocycles. The summed E-state index contributed by atoms with van der Waals surface area (Å²) in [6, 6.07) is 6.07. The van der Waals surface area contributed by atoms with Gasteiger partial charge in [0.1, 0.15) is 17.1 Å². The van der Waals surface area contributed by atoms with Crippen LogP contribution in [0.3, 0.4) is 0 Å². The molecule has 104 valence electrons. The Morgan fingerprint density at radius 1 is 1.32 bits per heavy atom. The van der Waals surface area contributed by atoms with Gasteiger partial charge in [0, 0.05) is 17.0 Å². The van der Waals surface area contributed by atoms with Gasteiger partial charge in [0.25, 0.3) is 0 Å². The highest BCUT2D eigenvalue weighted by Gasteiger charge is 2.15. The van der Waals surface area contributed by atoms with E-state index in [9.17, 15) is 0 Å². The normalized spacial score (nSPS) is 11.4. The summed E-state index contributed by atoms with van der Waals surface area (Å²) in [6.45, 7) is 8.31. The molecule has 2 rings (SSSR count). The van der Waals surface area contributed by atoms with E-state index in [1.54, 1.807) is 7.11 Å². The van der Waals surface area contributed by atoms with Gasteiger partial charge in [0.2, 0.25) is 0 Å². The van der Waals surface area contributed by atoms with Crippen LogP contribution in [0.15, 0.2) is 22.6 Å². The number of methoxy groups -OCH3 is 1. The highest BCUT2D eigenvalue weighted by molar-refractivity contribution is 5.83. The zero-order valence-corrected chi connectivity index (χ0v) is 12.2. The van der Waals surface area contributed by atoms with E-state index < -0.39 is 0 Å². The first-order valence-electron chi connectivity index (χ1n) is 6.94. The molecule has 0 aliphatic rings. The van der Waals surface area contributed by atoms with Crippen LogP contribution in [0.4, 0.5) is 0 Å². The van der Waals surface area contributed by atoms with Crippen LogP contribution in [0.1, 0.15) is 32.1 Å². The van der Waals surface area contributed by atoms with Crippen LogP contribution >= 0.6 is 0 Å². The second kappa shape index (κ2) is 6.11. The zero-order valence-electron chi connectivity index (χ0n) is 12.2. The number of hydrogen-bond donors (Lipinski definition) is 1. The molecule has 2 aromatic rings. The molecule has 0 spiro atoms. The topological polar surface area (TPSA) is 34.4 Å². The molecule has 0 saturated heterocycles. The number of nitrogens with one attached hydrogen (secondary N) is 1. The fraction of sp³-hybridized carbons (Fsp3) is 0.500. The Kier molecular flexibility index (Phi) is 4.48. The summed E-state index contributed by atoms with van der Waals surface area (Å²) in [7, 11) is 1.68. The van der Waals surface area contributed by atoms with Crippen molar-refractivity contribution in [1.82, 2.24) is 5.32 Å². The first-order chi connectivity index (χ1) is 9.15. The minimum Gasteiger partial charge on any atom is -0.497 e. The molecular formula is C16H23NO2. The molecule has 19 heavy (non-hydrogen) atoms. The molecule has 0 aliphatic heterocycles. The Labute approximate surface area is 114 Å². The maximum Gasteiger partial charge on any atom is 0.138 e. The van der Waals surface area contributed by atoms with Crippen LogP contribution in [-0.4, -0.2) is 13.7 Å². The van der Waals surface area contributed by atoms with E-state index in [0.717, 1.165) is 36.6 Å². The average Bonchev–Trinajstić information content (AvgIpc) is 2.73. The highest BCUT2D eigenvalue weighted by atomic mass is 16.5. The van der Waals surface area contributed by atoms with Gasteiger partial charge in [-0.3, -0.25) is 0 Å². The van der Waals surface area contributed by atoms with Gasteiger partial charge in [-0.05, 0) is 31.0 Å². The lowest BCUT2D eigenvalue weighted by Crippen LogP contribution is -2.12. The largest absolute Gasteiger partial charge is 0.497 e. The van der Waals surface area contributed by atoms with Crippen molar-refractivity contribution in [2.75, 3.05) is 13.7 Å². The third-order valence-corrected chi connectivity index (χ3v) is 3.23. The minimum absolute atomic E-state index is 0.614. The van der Waals surface area contributed by atoms with Gasteiger partial charge in [-0.15, -0.1) is 0 Å². The Balaban J connectivity index is 2.45. The first-order valence-corrected chi connectivity index (χ1v) is 6.94. The predicted octanol–water partition coefficient (Wildman–Crippen LogP) is 3.75. The molecule has 0 unspecified atom stereocenters. The van der Waals surface area contributed by atoms with Crippen LogP contribution in [0.25, 0.3) is 11.0 Å². The van der Waals surface area contributed by atoms with Crippen molar-refractivity contribution in [3.05, 3.63) is 29.5 Å². The van der Waals surface area contributed by atoms with E-state index in [1.807, 2.05) is 12.1 Å². The third kappa shape index (κ3) is 3.10. The molecule has 0 amide bonds. The number of rotatable bonds is 6. The molecule has 0 radical (unpaired) electrons. The van der Waals surface area contributed by atoms with E-state index >= 15 is 0 Å². The molecular weight excluding hydrogens is 238 g/mol. The van der Waals surface area contributed by atoms with Crippen LogP contribution in [0.2, 0.25) is 0 Å². The van der Waals surface area contributed by atoms with Crippen molar-refractivity contribution in [3.8, 4) is 5.75 Å². The van der Waals surface area contributed by atoms with Crippen molar-refractivity contribution >= 4 is 11.0 Å². The van der Waals surface area contributed by atoms with E-state index in [-0.39, 0.29) is 0 Å². The summed E-state index contributed by atoms with van der Waals surface area (Å²) in [5.41, 5.74) is 2.25. The maximum absolute atomic E-state index is 6.00. The van der Waals surface area contributed by atoms with Crippen molar-refractivity contribution in [1.29, 1.82) is 0 Å². The standard InChI is InChI=1S/C16H23NO2/c1-5-17-10-16-14(8-11(2)3)13-7-6-12(18-4)9-15(13)19-16/h6-7,9,11,17H,5,8,10H2,1-4H3. The number of benzene rings is 1. The lowest BCUT2D eigenvalue weighted by Gasteiger charge is -2.06. The summed E-state index contributed by atoms with van der Waals surface area (Å²) < 4.78 is 11.3. The fourth-order valence-corrected chi connectivity index (χ4v) is 2.32. The van der Waals surface area contributed by atoms with Gasteiger partial charge in [-0.2, -0.15) is 0 Å². The quantitative estimate of drug-likeness (QED) is 0.860. The summed E-state index contributed by atoms with van der Waals surface area (Å²) in [5, 5.41) is 4.55. The van der Waals surface area contributed by atoms with Gasteiger partial charge in [0.05, 0.1) is 13.7 Å². The van der Waals surface area contributed by atoms with E-state index in [0.29, 0.717) is 5.92 Å². The summed E-state index contributed by atoms with van der Waals surface area (Å²) in [6.07, 6.45) is 1.04. The van der Waals surface area contributed by atoms with Crippen molar-refractivity contribution in [3.63, 3.8) is 0 Å². The molecule has 3 heteroatoms. The van der Waals surface area contributed by atoms with Crippen molar-refractivity contribution in [2.24, 2.45) is 5.92 Å². The van der Waals surface area contributed by atoms with Crippen LogP contribution in [0, 0.1) is 5.92 Å². The summed E-state index contributed by atoms with van der Waals surface area (Å²) >= 11 is 0. The van der Waals surface area contributed by atoms with Gasteiger partial charge in [0.15, 0.2) is 0 Å². The number of ether oxygens (including phenoxy) is 1. The molecule has 3 nitrogen and oxygen atoms in total. The smallest absolute Gasteiger partial charge is 0.138 e. The second-order valence-corrected chi connectivity index (χ2v) is 5.24. The van der Waals surface area contributed by atoms with Gasteiger partial charge in [-0.1, -0.05) is 20.8 Å². The number of furan rings is 1. The zero-order chi connectivity index (χ0) is 13.8. The van der Waals surface area contributed by atoms with Gasteiger partial charge < -0.3 is 14.5 Å². The van der Waals surface area contributed by atoms with Crippen LogP contribution in [-0.2, 0) is 13.0 Å².